The summed E-state index contributed by atoms with van der Waals surface area (Å²) >= 11 is 3.45. The molecule has 7 heteroatoms. The van der Waals surface area contributed by atoms with E-state index in [1.165, 1.54) is 6.33 Å². The number of rotatable bonds is 3. The molecule has 1 aliphatic heterocycles. The van der Waals surface area contributed by atoms with Crippen molar-refractivity contribution in [2.24, 2.45) is 5.73 Å². The molecule has 3 N–H and O–H groups in total. The van der Waals surface area contributed by atoms with Crippen molar-refractivity contribution in [1.82, 2.24) is 14.9 Å². The Balaban J connectivity index is 1.81. The number of nitrogens with two attached hydrogens (primary N) is 1. The Kier molecular flexibility index (Phi) is 4.74. The lowest BCUT2D eigenvalue weighted by Crippen LogP contribution is -2.32. The summed E-state index contributed by atoms with van der Waals surface area (Å²) in [6.07, 6.45) is 2.54. The van der Waals surface area contributed by atoms with Gasteiger partial charge in [-0.25, -0.2) is 9.37 Å². The number of aryl methyl sites for hydroxylation is 1. The lowest BCUT2D eigenvalue weighted by atomic mass is 9.95. The molecule has 4 rings (SSSR count). The first-order chi connectivity index (χ1) is 12.9. The van der Waals surface area contributed by atoms with Crippen molar-refractivity contribution < 1.29 is 9.18 Å². The summed E-state index contributed by atoms with van der Waals surface area (Å²) in [5, 5.41) is 0. The molecule has 1 atom stereocenters. The van der Waals surface area contributed by atoms with Crippen LogP contribution in [-0.4, -0.2) is 39.9 Å². The van der Waals surface area contributed by atoms with Crippen LogP contribution >= 0.6 is 15.9 Å². The van der Waals surface area contributed by atoms with Crippen LogP contribution in [-0.2, 0) is 6.42 Å². The highest BCUT2D eigenvalue weighted by molar-refractivity contribution is 9.10. The largest absolute Gasteiger partial charge is 0.344 e. The maximum absolute atomic E-state index is 15.3. The molecule has 5 nitrogen and oxygen atoms in total. The minimum absolute atomic E-state index is 0.0214. The standard InChI is InChI=1S/C20H20BrFN4O/c1-11-6-13(21)3-2-12(11)7-15-16(20(27)26-5-4-14(23)9-26)8-17-19(18(15)22)25-10-24-17/h2-3,6,8,10,14H,4-5,7,9,23H2,1H3,(H,24,25). The monoisotopic (exact) mass is 430 g/mol. The number of benzene rings is 2. The molecule has 0 saturated carbocycles. The molecule has 2 heterocycles. The summed E-state index contributed by atoms with van der Waals surface area (Å²) in [6, 6.07) is 7.55. The van der Waals surface area contributed by atoms with Gasteiger partial charge in [-0.05, 0) is 42.7 Å². The van der Waals surface area contributed by atoms with E-state index in [0.29, 0.717) is 36.2 Å². The SMILES string of the molecule is Cc1cc(Br)ccc1Cc1c(C(=O)N2CCC(N)C2)cc2[nH]cnc2c1F. The Bertz CT molecular complexity index is 1030. The summed E-state index contributed by atoms with van der Waals surface area (Å²) in [5.74, 6) is -0.619. The van der Waals surface area contributed by atoms with E-state index in [1.54, 1.807) is 11.0 Å². The number of carbonyl (C=O) groups excluding carboxylic acids is 1. The van der Waals surface area contributed by atoms with Crippen molar-refractivity contribution in [1.29, 1.82) is 0 Å². The number of carbonyl (C=O) groups is 1. The van der Waals surface area contributed by atoms with Gasteiger partial charge in [-0.2, -0.15) is 0 Å². The Morgan fingerprint density at radius 2 is 2.26 bits per heavy atom. The van der Waals surface area contributed by atoms with Gasteiger partial charge in [-0.15, -0.1) is 0 Å². The van der Waals surface area contributed by atoms with Crippen molar-refractivity contribution >= 4 is 32.9 Å². The van der Waals surface area contributed by atoms with Crippen molar-refractivity contribution in [3.05, 3.63) is 63.1 Å². The van der Waals surface area contributed by atoms with E-state index in [2.05, 4.69) is 25.9 Å². The van der Waals surface area contributed by atoms with Gasteiger partial charge in [-0.3, -0.25) is 4.79 Å². The van der Waals surface area contributed by atoms with Gasteiger partial charge in [0.1, 0.15) is 5.52 Å². The van der Waals surface area contributed by atoms with Crippen molar-refractivity contribution in [3.63, 3.8) is 0 Å². The van der Waals surface area contributed by atoms with Crippen LogP contribution in [0.4, 0.5) is 4.39 Å². The average Bonchev–Trinajstić information content (AvgIpc) is 3.27. The summed E-state index contributed by atoms with van der Waals surface area (Å²) < 4.78 is 16.3. The molecule has 1 aromatic heterocycles. The zero-order chi connectivity index (χ0) is 19.1. The van der Waals surface area contributed by atoms with Gasteiger partial charge in [-0.1, -0.05) is 22.0 Å². The van der Waals surface area contributed by atoms with Crippen LogP contribution < -0.4 is 5.73 Å². The first-order valence-corrected chi connectivity index (χ1v) is 9.67. The zero-order valence-corrected chi connectivity index (χ0v) is 16.5. The number of aromatic nitrogens is 2. The van der Waals surface area contributed by atoms with E-state index in [4.69, 9.17) is 5.73 Å². The minimum atomic E-state index is -0.442. The van der Waals surface area contributed by atoms with Crippen molar-refractivity contribution in [2.45, 2.75) is 25.8 Å². The summed E-state index contributed by atoms with van der Waals surface area (Å²) in [7, 11) is 0. The van der Waals surface area contributed by atoms with Crippen LogP contribution in [0.15, 0.2) is 35.1 Å². The molecule has 140 valence electrons. The first-order valence-electron chi connectivity index (χ1n) is 8.88. The second-order valence-electron chi connectivity index (χ2n) is 7.06. The molecule has 0 radical (unpaired) electrons. The van der Waals surface area contributed by atoms with Gasteiger partial charge in [0.25, 0.3) is 5.91 Å². The van der Waals surface area contributed by atoms with Crippen molar-refractivity contribution in [2.75, 3.05) is 13.1 Å². The fourth-order valence-electron chi connectivity index (χ4n) is 3.64. The maximum Gasteiger partial charge on any atom is 0.254 e. The van der Waals surface area contributed by atoms with E-state index in [1.807, 2.05) is 25.1 Å². The first kappa shape index (κ1) is 18.1. The number of halogens is 2. The molecule has 1 saturated heterocycles. The van der Waals surface area contributed by atoms with Crippen LogP contribution in [0, 0.1) is 12.7 Å². The number of nitrogens with one attached hydrogen (secondary N) is 1. The lowest BCUT2D eigenvalue weighted by molar-refractivity contribution is 0.0789. The normalized spacial score (nSPS) is 17.0. The number of amides is 1. The van der Waals surface area contributed by atoms with E-state index in [9.17, 15) is 4.79 Å². The Labute approximate surface area is 164 Å². The van der Waals surface area contributed by atoms with Gasteiger partial charge >= 0.3 is 0 Å². The summed E-state index contributed by atoms with van der Waals surface area (Å²) in [6.45, 7) is 3.07. The molecule has 1 fully saturated rings. The molecule has 3 aromatic rings. The van der Waals surface area contributed by atoms with E-state index in [-0.39, 0.29) is 17.5 Å². The van der Waals surface area contributed by atoms with Crippen LogP contribution in [0.1, 0.15) is 33.5 Å². The number of aromatic amines is 1. The number of likely N-dealkylation sites (tertiary alicyclic amines) is 1. The topological polar surface area (TPSA) is 75.0 Å². The van der Waals surface area contributed by atoms with Crippen LogP contribution in [0.25, 0.3) is 11.0 Å². The zero-order valence-electron chi connectivity index (χ0n) is 14.9. The third kappa shape index (κ3) is 3.37. The Hall–Kier alpha value is -2.25. The third-order valence-electron chi connectivity index (χ3n) is 5.17. The quantitative estimate of drug-likeness (QED) is 0.666. The van der Waals surface area contributed by atoms with Gasteiger partial charge in [0.2, 0.25) is 0 Å². The third-order valence-corrected chi connectivity index (χ3v) is 5.66. The smallest absolute Gasteiger partial charge is 0.254 e. The van der Waals surface area contributed by atoms with Gasteiger partial charge in [0.15, 0.2) is 5.82 Å². The minimum Gasteiger partial charge on any atom is -0.344 e. The molecular weight excluding hydrogens is 411 g/mol. The highest BCUT2D eigenvalue weighted by Crippen LogP contribution is 2.28. The Morgan fingerprint density at radius 1 is 1.44 bits per heavy atom. The number of hydrogen-bond acceptors (Lipinski definition) is 3. The summed E-state index contributed by atoms with van der Waals surface area (Å²) in [4.78, 5) is 21.8. The number of fused-ring (bicyclic) bond motifs is 1. The fraction of sp³-hybridized carbons (Fsp3) is 0.300. The van der Waals surface area contributed by atoms with E-state index >= 15 is 4.39 Å². The fourth-order valence-corrected chi connectivity index (χ4v) is 4.11. The molecule has 1 aliphatic rings. The lowest BCUT2D eigenvalue weighted by Gasteiger charge is -2.19. The highest BCUT2D eigenvalue weighted by Gasteiger charge is 2.28. The van der Waals surface area contributed by atoms with E-state index in [0.717, 1.165) is 22.0 Å². The number of nitrogens with zero attached hydrogens (tertiary/aromatic N) is 2. The number of imidazole rings is 1. The molecule has 0 aliphatic carbocycles. The molecule has 27 heavy (non-hydrogen) atoms. The molecule has 2 aromatic carbocycles. The van der Waals surface area contributed by atoms with Crippen molar-refractivity contribution in [3.8, 4) is 0 Å². The molecule has 1 unspecified atom stereocenters. The van der Waals surface area contributed by atoms with E-state index < -0.39 is 5.82 Å². The predicted octanol–water partition coefficient (Wildman–Crippen LogP) is 3.54. The predicted molar refractivity (Wildman–Crippen MR) is 106 cm³/mol. The van der Waals surface area contributed by atoms with Gasteiger partial charge in [0, 0.05) is 41.2 Å². The molecular formula is C20H20BrFN4O. The average molecular weight is 431 g/mol. The summed E-state index contributed by atoms with van der Waals surface area (Å²) in [5.41, 5.74) is 9.50. The second kappa shape index (κ2) is 7.05. The number of H-pyrrole nitrogens is 1. The van der Waals surface area contributed by atoms with Crippen LogP contribution in [0.5, 0.6) is 0 Å². The maximum atomic E-state index is 15.3. The Morgan fingerprint density at radius 3 is 2.96 bits per heavy atom. The van der Waals surface area contributed by atoms with Gasteiger partial charge in [0.05, 0.1) is 11.8 Å². The second-order valence-corrected chi connectivity index (χ2v) is 7.98. The van der Waals surface area contributed by atoms with Crippen LogP contribution in [0.3, 0.4) is 0 Å². The molecule has 0 spiro atoms. The molecule has 0 bridgehead atoms. The van der Waals surface area contributed by atoms with Gasteiger partial charge < -0.3 is 15.6 Å². The number of hydrogen-bond donors (Lipinski definition) is 2. The highest BCUT2D eigenvalue weighted by atomic mass is 79.9. The molecule has 1 amide bonds. The van der Waals surface area contributed by atoms with Crippen LogP contribution in [0.2, 0.25) is 0 Å².